The predicted molar refractivity (Wildman–Crippen MR) is 67.7 cm³/mol. The van der Waals surface area contributed by atoms with Crippen LogP contribution in [0.4, 0.5) is 5.69 Å². The van der Waals surface area contributed by atoms with E-state index in [0.717, 1.165) is 13.1 Å². The van der Waals surface area contributed by atoms with Gasteiger partial charge in [0, 0.05) is 18.8 Å². The van der Waals surface area contributed by atoms with Crippen LogP contribution < -0.4 is 4.90 Å². The number of hydrogen-bond donors (Lipinski definition) is 0. The first-order chi connectivity index (χ1) is 7.11. The Morgan fingerprint density at radius 2 is 1.73 bits per heavy atom. The summed E-state index contributed by atoms with van der Waals surface area (Å²) in [6.45, 7) is 3.96. The molecule has 2 nitrogen and oxygen atoms in total. The maximum absolute atomic E-state index is 6.17. The fourth-order valence-electron chi connectivity index (χ4n) is 1.44. The van der Waals surface area contributed by atoms with E-state index in [2.05, 4.69) is 36.0 Å². The summed E-state index contributed by atoms with van der Waals surface area (Å²) in [4.78, 5) is 4.36. The maximum Gasteiger partial charge on any atom is 0.101 e. The molecule has 0 heterocycles. The minimum absolute atomic E-state index is 0.0207. The molecule has 0 saturated carbocycles. The van der Waals surface area contributed by atoms with E-state index in [1.807, 2.05) is 25.1 Å². The molecule has 0 spiro atoms. The maximum atomic E-state index is 6.17. The molecule has 1 unspecified atom stereocenters. The molecule has 0 aliphatic rings. The Hall–Kier alpha value is -0.730. The van der Waals surface area contributed by atoms with Gasteiger partial charge in [-0.25, -0.2) is 0 Å². The minimum atomic E-state index is 0.0207. The second kappa shape index (κ2) is 5.99. The minimum Gasteiger partial charge on any atom is -0.354 e. The molecule has 1 atom stereocenters. The number of nitrogens with zero attached hydrogens (tertiary/aromatic N) is 2. The van der Waals surface area contributed by atoms with Crippen molar-refractivity contribution in [3.8, 4) is 0 Å². The molecule has 0 aliphatic heterocycles. The van der Waals surface area contributed by atoms with E-state index in [1.165, 1.54) is 5.69 Å². The highest BCUT2D eigenvalue weighted by atomic mass is 35.5. The summed E-state index contributed by atoms with van der Waals surface area (Å²) in [6, 6.07) is 10.3. The number of hydrogen-bond acceptors (Lipinski definition) is 2. The molecule has 0 aliphatic carbocycles. The number of likely N-dealkylation sites (N-methyl/N-ethyl adjacent to an activating group) is 1. The number of para-hydroxylation sites is 1. The van der Waals surface area contributed by atoms with Crippen molar-refractivity contribution < 1.29 is 0 Å². The number of rotatable bonds is 5. The fraction of sp³-hybridized carbons (Fsp3) is 0.500. The first-order valence-electron chi connectivity index (χ1n) is 5.21. The van der Waals surface area contributed by atoms with Gasteiger partial charge in [-0.15, -0.1) is 0 Å². The molecule has 84 valence electrons. The molecule has 1 rings (SSSR count). The van der Waals surface area contributed by atoms with Crippen LogP contribution in [0.1, 0.15) is 6.92 Å². The molecule has 15 heavy (non-hydrogen) atoms. The van der Waals surface area contributed by atoms with Gasteiger partial charge in [-0.1, -0.05) is 29.8 Å². The lowest BCUT2D eigenvalue weighted by molar-refractivity contribution is 0.412. The average Bonchev–Trinajstić information content (AvgIpc) is 2.18. The summed E-state index contributed by atoms with van der Waals surface area (Å²) in [5.41, 5.74) is 1.20. The lowest BCUT2D eigenvalue weighted by atomic mass is 10.3. The molecule has 3 heteroatoms. The smallest absolute Gasteiger partial charge is 0.101 e. The Morgan fingerprint density at radius 1 is 1.13 bits per heavy atom. The molecule has 1 aromatic carbocycles. The zero-order valence-corrected chi connectivity index (χ0v) is 10.4. The van der Waals surface area contributed by atoms with Crippen LogP contribution in [-0.4, -0.2) is 37.6 Å². The van der Waals surface area contributed by atoms with Crippen LogP contribution in [-0.2, 0) is 0 Å². The van der Waals surface area contributed by atoms with Gasteiger partial charge in [0.15, 0.2) is 0 Å². The third kappa shape index (κ3) is 4.10. The zero-order valence-electron chi connectivity index (χ0n) is 9.65. The van der Waals surface area contributed by atoms with E-state index in [1.54, 1.807) is 0 Å². The first-order valence-corrected chi connectivity index (χ1v) is 5.65. The SMILES string of the molecule is CC(Cl)N(CCN(C)C)c1ccccc1. The third-order valence-electron chi connectivity index (χ3n) is 2.31. The average molecular weight is 227 g/mol. The highest BCUT2D eigenvalue weighted by molar-refractivity contribution is 6.21. The zero-order chi connectivity index (χ0) is 11.3. The number of halogens is 1. The molecule has 0 bridgehead atoms. The Balaban J connectivity index is 2.66. The van der Waals surface area contributed by atoms with E-state index < -0.39 is 0 Å². The van der Waals surface area contributed by atoms with Crippen molar-refractivity contribution in [3.05, 3.63) is 30.3 Å². The molecular weight excluding hydrogens is 208 g/mol. The summed E-state index contributed by atoms with van der Waals surface area (Å²) in [7, 11) is 4.14. The van der Waals surface area contributed by atoms with Crippen molar-refractivity contribution in [1.82, 2.24) is 4.90 Å². The Morgan fingerprint density at radius 3 is 2.20 bits per heavy atom. The lowest BCUT2D eigenvalue weighted by Crippen LogP contribution is -2.35. The number of alkyl halides is 1. The van der Waals surface area contributed by atoms with Crippen molar-refractivity contribution in [2.45, 2.75) is 12.4 Å². The number of anilines is 1. The first kappa shape index (κ1) is 12.3. The normalized spacial score (nSPS) is 12.9. The van der Waals surface area contributed by atoms with Crippen molar-refractivity contribution in [2.75, 3.05) is 32.1 Å². The Kier molecular flexibility index (Phi) is 4.92. The van der Waals surface area contributed by atoms with Gasteiger partial charge >= 0.3 is 0 Å². The third-order valence-corrected chi connectivity index (χ3v) is 2.54. The van der Waals surface area contributed by atoms with Crippen molar-refractivity contribution in [1.29, 1.82) is 0 Å². The van der Waals surface area contributed by atoms with Crippen LogP contribution in [0.3, 0.4) is 0 Å². The van der Waals surface area contributed by atoms with E-state index in [9.17, 15) is 0 Å². The van der Waals surface area contributed by atoms with Crippen LogP contribution in [0.15, 0.2) is 30.3 Å². The summed E-state index contributed by atoms with van der Waals surface area (Å²) in [5.74, 6) is 0. The largest absolute Gasteiger partial charge is 0.354 e. The molecule has 0 radical (unpaired) electrons. The van der Waals surface area contributed by atoms with Gasteiger partial charge in [-0.2, -0.15) is 0 Å². The summed E-state index contributed by atoms with van der Waals surface area (Å²) < 4.78 is 0. The Labute approximate surface area is 97.4 Å². The van der Waals surface area contributed by atoms with Crippen LogP contribution in [0, 0.1) is 0 Å². The second-order valence-corrected chi connectivity index (χ2v) is 4.54. The molecule has 0 amide bonds. The highest BCUT2D eigenvalue weighted by Crippen LogP contribution is 2.17. The van der Waals surface area contributed by atoms with Crippen LogP contribution in [0.25, 0.3) is 0 Å². The molecule has 0 aromatic heterocycles. The van der Waals surface area contributed by atoms with Crippen LogP contribution in [0.5, 0.6) is 0 Å². The van der Waals surface area contributed by atoms with Crippen LogP contribution >= 0.6 is 11.6 Å². The van der Waals surface area contributed by atoms with Gasteiger partial charge in [-0.05, 0) is 33.2 Å². The monoisotopic (exact) mass is 226 g/mol. The molecule has 1 aromatic rings. The summed E-state index contributed by atoms with van der Waals surface area (Å²) in [6.07, 6.45) is 0. The standard InChI is InChI=1S/C12H19ClN2/c1-11(13)15(10-9-14(2)3)12-7-5-4-6-8-12/h4-8,11H,9-10H2,1-3H3. The van der Waals surface area contributed by atoms with Gasteiger partial charge in [-0.3, -0.25) is 0 Å². The molecule has 0 fully saturated rings. The van der Waals surface area contributed by atoms with Gasteiger partial charge in [0.1, 0.15) is 5.50 Å². The van der Waals surface area contributed by atoms with Gasteiger partial charge in [0.2, 0.25) is 0 Å². The van der Waals surface area contributed by atoms with E-state index in [4.69, 9.17) is 11.6 Å². The Bertz CT molecular complexity index is 272. The van der Waals surface area contributed by atoms with Gasteiger partial charge in [0.25, 0.3) is 0 Å². The van der Waals surface area contributed by atoms with Crippen molar-refractivity contribution in [2.24, 2.45) is 0 Å². The quantitative estimate of drug-likeness (QED) is 0.563. The van der Waals surface area contributed by atoms with Crippen molar-refractivity contribution in [3.63, 3.8) is 0 Å². The second-order valence-electron chi connectivity index (χ2n) is 3.91. The van der Waals surface area contributed by atoms with Gasteiger partial charge < -0.3 is 9.80 Å². The van der Waals surface area contributed by atoms with E-state index in [0.29, 0.717) is 0 Å². The van der Waals surface area contributed by atoms with Crippen molar-refractivity contribution >= 4 is 17.3 Å². The van der Waals surface area contributed by atoms with E-state index in [-0.39, 0.29) is 5.50 Å². The molecule has 0 N–H and O–H groups in total. The molecule has 0 saturated heterocycles. The van der Waals surface area contributed by atoms with E-state index >= 15 is 0 Å². The summed E-state index contributed by atoms with van der Waals surface area (Å²) in [5, 5.41) is 0. The van der Waals surface area contributed by atoms with Crippen LogP contribution in [0.2, 0.25) is 0 Å². The fourth-order valence-corrected chi connectivity index (χ4v) is 1.65. The predicted octanol–water partition coefficient (Wildman–Crippen LogP) is 2.64. The lowest BCUT2D eigenvalue weighted by Gasteiger charge is -2.28. The van der Waals surface area contributed by atoms with Gasteiger partial charge in [0.05, 0.1) is 0 Å². The number of benzene rings is 1. The summed E-state index contributed by atoms with van der Waals surface area (Å²) >= 11 is 6.17. The topological polar surface area (TPSA) is 6.48 Å². The highest BCUT2D eigenvalue weighted by Gasteiger charge is 2.11. The molecular formula is C12H19ClN2.